The van der Waals surface area contributed by atoms with Crippen LogP contribution in [0.15, 0.2) is 0 Å². The summed E-state index contributed by atoms with van der Waals surface area (Å²) in [5.74, 6) is -6.07. The van der Waals surface area contributed by atoms with E-state index in [4.69, 9.17) is 0 Å². The summed E-state index contributed by atoms with van der Waals surface area (Å²) in [6.45, 7) is -0.163. The average molecular weight is 356 g/mol. The zero-order valence-electron chi connectivity index (χ0n) is 9.61. The van der Waals surface area contributed by atoms with E-state index >= 15 is 0 Å². The van der Waals surface area contributed by atoms with Gasteiger partial charge in [0.05, 0.1) is 0 Å². The maximum Gasteiger partial charge on any atom is 0.409 e. The van der Waals surface area contributed by atoms with Crippen LogP contribution in [0.1, 0.15) is 19.3 Å². The minimum absolute atomic E-state index is 0.0876. The van der Waals surface area contributed by atoms with Crippen LogP contribution in [0, 0.1) is 11.8 Å². The molecule has 0 aromatic rings. The van der Waals surface area contributed by atoms with Crippen molar-refractivity contribution >= 4 is 21.8 Å². The van der Waals surface area contributed by atoms with E-state index in [1.165, 1.54) is 0 Å². The molecule has 0 aromatic carbocycles. The van der Waals surface area contributed by atoms with E-state index in [1.54, 1.807) is 5.32 Å². The summed E-state index contributed by atoms with van der Waals surface area (Å²) in [4.78, 5) is 11.3. The highest BCUT2D eigenvalue weighted by atomic mass is 79.9. The topological polar surface area (TPSA) is 29.1 Å². The number of amides is 1. The van der Waals surface area contributed by atoms with E-state index in [0.717, 1.165) is 6.42 Å². The average Bonchev–Trinajstić information content (AvgIpc) is 2.56. The Kier molecular flexibility index (Phi) is 5.14. The Labute approximate surface area is 114 Å². The lowest BCUT2D eigenvalue weighted by atomic mass is 10.1. The summed E-state index contributed by atoms with van der Waals surface area (Å²) in [5.41, 5.74) is 0. The van der Waals surface area contributed by atoms with Crippen molar-refractivity contribution in [1.29, 1.82) is 0 Å². The van der Waals surface area contributed by atoms with Gasteiger partial charge in [-0.15, -0.1) is 0 Å². The van der Waals surface area contributed by atoms with Crippen LogP contribution in [0.4, 0.5) is 26.3 Å². The number of hydrogen-bond acceptors (Lipinski definition) is 1. The first-order valence-electron chi connectivity index (χ1n) is 5.57. The maximum atomic E-state index is 12.2. The molecule has 0 heterocycles. The minimum atomic E-state index is -5.63. The summed E-state index contributed by atoms with van der Waals surface area (Å²) in [7, 11) is 0. The van der Waals surface area contributed by atoms with Crippen molar-refractivity contribution in [2.75, 3.05) is 6.54 Å². The van der Waals surface area contributed by atoms with E-state index < -0.39 is 24.2 Å². The first-order chi connectivity index (χ1) is 8.51. The van der Waals surface area contributed by atoms with Crippen molar-refractivity contribution < 1.29 is 31.1 Å². The molecule has 9 heteroatoms. The molecule has 2 nitrogen and oxygen atoms in total. The van der Waals surface area contributed by atoms with Crippen LogP contribution in [0.3, 0.4) is 0 Å². The molecule has 0 aliphatic heterocycles. The molecule has 2 unspecified atom stereocenters. The highest BCUT2D eigenvalue weighted by Gasteiger charge is 2.61. The molecular formula is C10H12BrF6NO. The second kappa shape index (κ2) is 5.88. The van der Waals surface area contributed by atoms with Crippen molar-refractivity contribution in [3.63, 3.8) is 0 Å². The largest absolute Gasteiger partial charge is 0.409 e. The Morgan fingerprint density at radius 1 is 1.16 bits per heavy atom. The lowest BCUT2D eigenvalue weighted by molar-refractivity contribution is -0.274. The molecule has 1 rings (SSSR count). The first kappa shape index (κ1) is 16.6. The van der Waals surface area contributed by atoms with Gasteiger partial charge in [0.25, 0.3) is 0 Å². The van der Waals surface area contributed by atoms with E-state index in [9.17, 15) is 31.1 Å². The van der Waals surface area contributed by atoms with Gasteiger partial charge in [-0.25, -0.2) is 0 Å². The van der Waals surface area contributed by atoms with Crippen LogP contribution in [0.5, 0.6) is 0 Å². The standard InChI is InChI=1S/C10H12BrF6NO/c11-6-2-1-5(3-6)4-18-8(19)7(9(12,13)14)10(15,16)17/h5-7H,1-4H2,(H,18,19). The molecular weight excluding hydrogens is 344 g/mol. The fourth-order valence-electron chi connectivity index (χ4n) is 2.03. The predicted octanol–water partition coefficient (Wildman–Crippen LogP) is 3.41. The molecule has 0 bridgehead atoms. The minimum Gasteiger partial charge on any atom is -0.355 e. The second-order valence-corrected chi connectivity index (χ2v) is 5.83. The molecule has 1 aliphatic rings. The van der Waals surface area contributed by atoms with Gasteiger partial charge in [0.15, 0.2) is 0 Å². The molecule has 112 valence electrons. The number of carbonyl (C=O) groups is 1. The maximum absolute atomic E-state index is 12.2. The van der Waals surface area contributed by atoms with Gasteiger partial charge in [-0.1, -0.05) is 15.9 Å². The monoisotopic (exact) mass is 355 g/mol. The molecule has 1 fully saturated rings. The molecule has 0 radical (unpaired) electrons. The quantitative estimate of drug-likeness (QED) is 0.610. The van der Waals surface area contributed by atoms with E-state index in [2.05, 4.69) is 15.9 Å². The molecule has 0 saturated heterocycles. The van der Waals surface area contributed by atoms with Crippen LogP contribution >= 0.6 is 15.9 Å². The van der Waals surface area contributed by atoms with Crippen molar-refractivity contribution in [3.05, 3.63) is 0 Å². The highest BCUT2D eigenvalue weighted by Crippen LogP contribution is 2.39. The van der Waals surface area contributed by atoms with Crippen LogP contribution in [-0.4, -0.2) is 29.6 Å². The third-order valence-corrected chi connectivity index (χ3v) is 3.79. The Morgan fingerprint density at radius 2 is 1.68 bits per heavy atom. The fourth-order valence-corrected chi connectivity index (χ4v) is 2.82. The summed E-state index contributed by atoms with van der Waals surface area (Å²) < 4.78 is 73.4. The number of hydrogen-bond donors (Lipinski definition) is 1. The molecule has 19 heavy (non-hydrogen) atoms. The van der Waals surface area contributed by atoms with Gasteiger partial charge in [-0.05, 0) is 25.2 Å². The molecule has 1 amide bonds. The van der Waals surface area contributed by atoms with Gasteiger partial charge in [0.2, 0.25) is 11.8 Å². The van der Waals surface area contributed by atoms with Gasteiger partial charge in [0.1, 0.15) is 0 Å². The van der Waals surface area contributed by atoms with Crippen molar-refractivity contribution in [2.45, 2.75) is 36.4 Å². The number of halogens is 7. The van der Waals surface area contributed by atoms with Crippen molar-refractivity contribution in [1.82, 2.24) is 5.32 Å². The van der Waals surface area contributed by atoms with Crippen LogP contribution < -0.4 is 5.32 Å². The van der Waals surface area contributed by atoms with E-state index in [1.807, 2.05) is 0 Å². The molecule has 1 saturated carbocycles. The van der Waals surface area contributed by atoms with Gasteiger partial charge < -0.3 is 5.32 Å². The normalized spacial score (nSPS) is 24.8. The second-order valence-electron chi connectivity index (χ2n) is 4.54. The lowest BCUT2D eigenvalue weighted by Gasteiger charge is -2.22. The third kappa shape index (κ3) is 4.85. The van der Waals surface area contributed by atoms with Gasteiger partial charge in [-0.2, -0.15) is 26.3 Å². The molecule has 0 spiro atoms. The van der Waals surface area contributed by atoms with E-state index in [0.29, 0.717) is 12.8 Å². The summed E-state index contributed by atoms with van der Waals surface area (Å²) in [6.07, 6.45) is -9.17. The Bertz CT molecular complexity index is 315. The first-order valence-corrected chi connectivity index (χ1v) is 6.48. The summed E-state index contributed by atoms with van der Waals surface area (Å²) >= 11 is 3.31. The number of carbonyl (C=O) groups excluding carboxylic acids is 1. The van der Waals surface area contributed by atoms with Crippen LogP contribution in [0.25, 0.3) is 0 Å². The third-order valence-electron chi connectivity index (χ3n) is 2.96. The summed E-state index contributed by atoms with van der Waals surface area (Å²) in [6, 6.07) is 0. The van der Waals surface area contributed by atoms with Gasteiger partial charge >= 0.3 is 12.4 Å². The Hall–Kier alpha value is -0.470. The molecule has 0 aromatic heterocycles. The zero-order chi connectivity index (χ0) is 14.8. The molecule has 2 atom stereocenters. The van der Waals surface area contributed by atoms with E-state index in [-0.39, 0.29) is 17.3 Å². The number of alkyl halides is 7. The lowest BCUT2D eigenvalue weighted by Crippen LogP contribution is -2.48. The van der Waals surface area contributed by atoms with Crippen LogP contribution in [0.2, 0.25) is 0 Å². The predicted molar refractivity (Wildman–Crippen MR) is 58.7 cm³/mol. The number of nitrogens with one attached hydrogen (secondary N) is 1. The highest BCUT2D eigenvalue weighted by molar-refractivity contribution is 9.09. The smallest absolute Gasteiger partial charge is 0.355 e. The number of rotatable bonds is 3. The van der Waals surface area contributed by atoms with Crippen LogP contribution in [-0.2, 0) is 4.79 Å². The summed E-state index contributed by atoms with van der Waals surface area (Å²) in [5, 5.41) is 1.76. The van der Waals surface area contributed by atoms with Crippen molar-refractivity contribution in [2.24, 2.45) is 11.8 Å². The molecule has 1 aliphatic carbocycles. The zero-order valence-corrected chi connectivity index (χ0v) is 11.2. The SMILES string of the molecule is O=C(NCC1CCC(Br)C1)C(C(F)(F)F)C(F)(F)F. The molecule has 1 N–H and O–H groups in total. The van der Waals surface area contributed by atoms with Gasteiger partial charge in [0, 0.05) is 11.4 Å². The van der Waals surface area contributed by atoms with Gasteiger partial charge in [-0.3, -0.25) is 4.79 Å². The van der Waals surface area contributed by atoms with Crippen molar-refractivity contribution in [3.8, 4) is 0 Å². The Balaban J connectivity index is 2.59. The fraction of sp³-hybridized carbons (Fsp3) is 0.900. The Morgan fingerprint density at radius 3 is 2.05 bits per heavy atom.